The molecule has 0 aliphatic carbocycles. The molecule has 0 aromatic heterocycles. The molecule has 2 aromatic carbocycles. The first-order chi connectivity index (χ1) is 19.6. The summed E-state index contributed by atoms with van der Waals surface area (Å²) in [5.41, 5.74) is 3.32. The first-order valence-electron chi connectivity index (χ1n) is 14.8. The van der Waals surface area contributed by atoms with Gasteiger partial charge in [-0.25, -0.2) is 0 Å². The Hall–Kier alpha value is -2.69. The molecule has 3 aliphatic heterocycles. The van der Waals surface area contributed by atoms with Gasteiger partial charge >= 0.3 is 0 Å². The Morgan fingerprint density at radius 1 is 0.902 bits per heavy atom. The van der Waals surface area contributed by atoms with Crippen molar-refractivity contribution in [1.29, 1.82) is 0 Å². The van der Waals surface area contributed by atoms with Crippen LogP contribution in [0, 0.1) is 0 Å². The number of para-hydroxylation sites is 1. The summed E-state index contributed by atoms with van der Waals surface area (Å²) in [6.45, 7) is 9.71. The van der Waals surface area contributed by atoms with E-state index in [2.05, 4.69) is 46.8 Å². The lowest BCUT2D eigenvalue weighted by atomic mass is 10.1. The van der Waals surface area contributed by atoms with Crippen molar-refractivity contribution in [1.82, 2.24) is 5.32 Å². The molecule has 5 atom stereocenters. The Morgan fingerprint density at radius 3 is 2.34 bits per heavy atom. The average Bonchev–Trinajstić information content (AvgIpc) is 3.57. The number of fused-ring (bicyclic) bond motifs is 1. The molecule has 2 aromatic rings. The third kappa shape index (κ3) is 7.78. The molecule has 224 valence electrons. The van der Waals surface area contributed by atoms with Gasteiger partial charge < -0.3 is 39.2 Å². The van der Waals surface area contributed by atoms with Gasteiger partial charge in [-0.2, -0.15) is 0 Å². The van der Waals surface area contributed by atoms with Crippen LogP contribution in [-0.2, 0) is 34.9 Å². The van der Waals surface area contributed by atoms with Gasteiger partial charge in [-0.05, 0) is 76.8 Å². The number of rotatable bonds is 12. The summed E-state index contributed by atoms with van der Waals surface area (Å²) in [5.74, 6) is -1.23. The first kappa shape index (κ1) is 29.8. The van der Waals surface area contributed by atoms with Crippen LogP contribution < -0.4 is 15.5 Å². The molecular formula is C32H45N3O6. The van der Waals surface area contributed by atoms with Gasteiger partial charge in [0, 0.05) is 37.9 Å². The standard InChI is InChI=1S/C32H45N3O6/c1-31(2)37-21-25(39-31)27-28-29(41-32(3,4)40-28)30(38-27)34-23-17-15-22(16-18-23)11-9-14-26(36)33-19-10-20-35(5)24-12-7-6-8-13-24/h6-8,12-13,15-18,25,27-30,34H,9-11,14,19-21H2,1-5H3,(H,33,36)/t25?,27?,28-,29-,30?/m0/s1. The summed E-state index contributed by atoms with van der Waals surface area (Å²) in [7, 11) is 2.07. The molecule has 0 radical (unpaired) electrons. The van der Waals surface area contributed by atoms with E-state index in [9.17, 15) is 4.79 Å². The van der Waals surface area contributed by atoms with Gasteiger partial charge in [0.1, 0.15) is 24.4 Å². The Bertz CT molecular complexity index is 1140. The largest absolute Gasteiger partial charge is 0.375 e. The van der Waals surface area contributed by atoms with Crippen molar-refractivity contribution in [3.05, 3.63) is 60.2 Å². The van der Waals surface area contributed by atoms with E-state index in [4.69, 9.17) is 23.7 Å². The van der Waals surface area contributed by atoms with Crippen molar-refractivity contribution in [2.75, 3.05) is 37.0 Å². The molecule has 5 rings (SSSR count). The minimum absolute atomic E-state index is 0.106. The number of aryl methyl sites for hydroxylation is 1. The van der Waals surface area contributed by atoms with Crippen LogP contribution in [0.1, 0.15) is 52.5 Å². The number of carbonyl (C=O) groups is 1. The fourth-order valence-corrected chi connectivity index (χ4v) is 5.75. The molecule has 0 spiro atoms. The normalized spacial score (nSPS) is 27.9. The van der Waals surface area contributed by atoms with Crippen LogP contribution in [0.2, 0.25) is 0 Å². The maximum Gasteiger partial charge on any atom is 0.220 e. The summed E-state index contributed by atoms with van der Waals surface area (Å²) in [6.07, 6.45) is 1.67. The summed E-state index contributed by atoms with van der Waals surface area (Å²) in [4.78, 5) is 14.5. The van der Waals surface area contributed by atoms with Gasteiger partial charge in [0.15, 0.2) is 17.8 Å². The number of nitrogens with one attached hydrogen (secondary N) is 2. The van der Waals surface area contributed by atoms with Gasteiger partial charge in [-0.1, -0.05) is 30.3 Å². The highest BCUT2D eigenvalue weighted by atomic mass is 16.8. The van der Waals surface area contributed by atoms with Gasteiger partial charge in [-0.3, -0.25) is 4.79 Å². The van der Waals surface area contributed by atoms with Crippen LogP contribution in [0.4, 0.5) is 11.4 Å². The lowest BCUT2D eigenvalue weighted by Crippen LogP contribution is -2.40. The van der Waals surface area contributed by atoms with Gasteiger partial charge in [-0.15, -0.1) is 0 Å². The lowest BCUT2D eigenvalue weighted by Gasteiger charge is -2.27. The molecule has 3 fully saturated rings. The second-order valence-corrected chi connectivity index (χ2v) is 12.1. The van der Waals surface area contributed by atoms with Crippen molar-refractivity contribution < 1.29 is 28.5 Å². The Morgan fingerprint density at radius 2 is 1.63 bits per heavy atom. The molecule has 2 N–H and O–H groups in total. The number of anilines is 2. The van der Waals surface area contributed by atoms with E-state index in [1.807, 2.05) is 58.0 Å². The van der Waals surface area contributed by atoms with E-state index in [0.717, 1.165) is 31.5 Å². The number of carbonyl (C=O) groups excluding carboxylic acids is 1. The second-order valence-electron chi connectivity index (χ2n) is 12.1. The number of hydrogen-bond acceptors (Lipinski definition) is 8. The fourth-order valence-electron chi connectivity index (χ4n) is 5.75. The highest BCUT2D eigenvalue weighted by Crippen LogP contribution is 2.42. The average molecular weight is 568 g/mol. The van der Waals surface area contributed by atoms with Crippen LogP contribution >= 0.6 is 0 Å². The van der Waals surface area contributed by atoms with Crippen molar-refractivity contribution in [3.63, 3.8) is 0 Å². The molecule has 9 heteroatoms. The van der Waals surface area contributed by atoms with Crippen LogP contribution in [-0.4, -0.2) is 74.9 Å². The summed E-state index contributed by atoms with van der Waals surface area (Å²) in [5, 5.41) is 6.53. The highest BCUT2D eigenvalue weighted by molar-refractivity contribution is 5.75. The van der Waals surface area contributed by atoms with Crippen LogP contribution in [0.25, 0.3) is 0 Å². The van der Waals surface area contributed by atoms with Gasteiger partial charge in [0.25, 0.3) is 0 Å². The first-order valence-corrected chi connectivity index (χ1v) is 14.8. The van der Waals surface area contributed by atoms with Crippen LogP contribution in [0.15, 0.2) is 54.6 Å². The van der Waals surface area contributed by atoms with Gasteiger partial charge in [0.2, 0.25) is 5.91 Å². The second kappa shape index (κ2) is 12.7. The predicted molar refractivity (Wildman–Crippen MR) is 158 cm³/mol. The SMILES string of the molecule is CN(CCCNC(=O)CCCc1ccc(NC2OC(C3COC(C)(C)O3)[C@@H]3OC(C)(C)O[C@H]23)cc1)c1ccccc1. The van der Waals surface area contributed by atoms with Crippen molar-refractivity contribution in [2.24, 2.45) is 0 Å². The zero-order valence-electron chi connectivity index (χ0n) is 24.9. The topological polar surface area (TPSA) is 90.5 Å². The molecule has 0 bridgehead atoms. The van der Waals surface area contributed by atoms with Crippen molar-refractivity contribution in [2.45, 2.75) is 95.6 Å². The van der Waals surface area contributed by atoms with Crippen molar-refractivity contribution >= 4 is 17.3 Å². The molecule has 1 amide bonds. The third-order valence-corrected chi connectivity index (χ3v) is 7.81. The van der Waals surface area contributed by atoms with E-state index < -0.39 is 11.6 Å². The fraction of sp³-hybridized carbons (Fsp3) is 0.594. The highest BCUT2D eigenvalue weighted by Gasteiger charge is 2.59. The van der Waals surface area contributed by atoms with E-state index in [1.165, 1.54) is 11.3 Å². The quantitative estimate of drug-likeness (QED) is 0.364. The minimum atomic E-state index is -0.694. The predicted octanol–water partition coefficient (Wildman–Crippen LogP) is 4.46. The zero-order valence-corrected chi connectivity index (χ0v) is 24.9. The lowest BCUT2D eigenvalue weighted by molar-refractivity contribution is -0.203. The third-order valence-electron chi connectivity index (χ3n) is 7.81. The number of hydrogen-bond donors (Lipinski definition) is 2. The molecular weight excluding hydrogens is 522 g/mol. The number of amides is 1. The molecule has 41 heavy (non-hydrogen) atoms. The zero-order chi connectivity index (χ0) is 29.0. The molecule has 3 aliphatic rings. The van der Waals surface area contributed by atoms with E-state index in [1.54, 1.807) is 0 Å². The van der Waals surface area contributed by atoms with E-state index in [-0.39, 0.29) is 36.6 Å². The Balaban J connectivity index is 1.04. The maximum absolute atomic E-state index is 12.3. The Kier molecular flexibility index (Phi) is 9.21. The molecule has 9 nitrogen and oxygen atoms in total. The molecule has 0 saturated carbocycles. The molecule has 3 heterocycles. The van der Waals surface area contributed by atoms with Gasteiger partial charge in [0.05, 0.1) is 6.61 Å². The molecule has 3 unspecified atom stereocenters. The molecule has 3 saturated heterocycles. The smallest absolute Gasteiger partial charge is 0.220 e. The van der Waals surface area contributed by atoms with Crippen LogP contribution in [0.5, 0.6) is 0 Å². The summed E-state index contributed by atoms with van der Waals surface area (Å²) in [6, 6.07) is 18.6. The van der Waals surface area contributed by atoms with Crippen LogP contribution in [0.3, 0.4) is 0 Å². The Labute approximate surface area is 243 Å². The maximum atomic E-state index is 12.3. The van der Waals surface area contributed by atoms with Crippen molar-refractivity contribution in [3.8, 4) is 0 Å². The monoisotopic (exact) mass is 567 g/mol. The number of benzene rings is 2. The van der Waals surface area contributed by atoms with E-state index >= 15 is 0 Å². The summed E-state index contributed by atoms with van der Waals surface area (Å²) >= 11 is 0. The minimum Gasteiger partial charge on any atom is -0.375 e. The summed E-state index contributed by atoms with van der Waals surface area (Å²) < 4.78 is 30.7. The van der Waals surface area contributed by atoms with E-state index in [0.29, 0.717) is 19.6 Å². The number of nitrogens with zero attached hydrogens (tertiary/aromatic N) is 1. The number of ether oxygens (including phenoxy) is 5.